The average Bonchev–Trinajstić information content (AvgIpc) is 2.53. The third-order valence-electron chi connectivity index (χ3n) is 3.89. The van der Waals surface area contributed by atoms with Gasteiger partial charge in [0.15, 0.2) is 11.6 Å². The standard InChI is InChI=1S/C16H23FN4O5/c1-16(2,3)26-15(23)19-5-6-20(11(10-19)4-7-22)14-13(17)8-12(9-18-14)21(24)25/h8-9,11,22H,4-7,10H2,1-3H3/t11-/m0/s1. The fraction of sp³-hybridized carbons (Fsp3) is 0.625. The van der Waals surface area contributed by atoms with E-state index >= 15 is 0 Å². The normalized spacial score (nSPS) is 18.0. The molecule has 1 saturated heterocycles. The van der Waals surface area contributed by atoms with Crippen LogP contribution in [-0.4, -0.2) is 63.9 Å². The summed E-state index contributed by atoms with van der Waals surface area (Å²) in [6.07, 6.45) is 0.809. The molecule has 0 spiro atoms. The highest BCUT2D eigenvalue weighted by Crippen LogP contribution is 2.26. The molecule has 1 atom stereocenters. The van der Waals surface area contributed by atoms with E-state index in [1.165, 1.54) is 4.90 Å². The number of carbonyl (C=O) groups is 1. The van der Waals surface area contributed by atoms with Crippen molar-refractivity contribution in [2.75, 3.05) is 31.1 Å². The van der Waals surface area contributed by atoms with Gasteiger partial charge in [0.1, 0.15) is 11.8 Å². The summed E-state index contributed by atoms with van der Waals surface area (Å²) in [7, 11) is 0. The van der Waals surface area contributed by atoms with Gasteiger partial charge in [-0.15, -0.1) is 0 Å². The van der Waals surface area contributed by atoms with Gasteiger partial charge in [0, 0.05) is 26.2 Å². The number of amides is 1. The number of nitro groups is 1. The molecule has 2 rings (SSSR count). The number of anilines is 1. The van der Waals surface area contributed by atoms with E-state index in [1.54, 1.807) is 25.7 Å². The summed E-state index contributed by atoms with van der Waals surface area (Å²) in [5.41, 5.74) is -1.07. The Morgan fingerprint density at radius 2 is 2.19 bits per heavy atom. The van der Waals surface area contributed by atoms with Crippen molar-refractivity contribution in [1.29, 1.82) is 0 Å². The molecule has 0 unspecified atom stereocenters. The van der Waals surface area contributed by atoms with Crippen molar-refractivity contribution in [3.8, 4) is 0 Å². The number of ether oxygens (including phenoxy) is 1. The molecule has 1 aromatic heterocycles. The first-order chi connectivity index (χ1) is 12.1. The molecule has 10 heteroatoms. The van der Waals surface area contributed by atoms with Crippen LogP contribution in [0.15, 0.2) is 12.3 Å². The van der Waals surface area contributed by atoms with E-state index in [0.29, 0.717) is 0 Å². The molecule has 1 amide bonds. The van der Waals surface area contributed by atoms with Gasteiger partial charge in [-0.3, -0.25) is 10.1 Å². The van der Waals surface area contributed by atoms with E-state index in [-0.39, 0.29) is 44.5 Å². The second kappa shape index (κ2) is 7.81. The van der Waals surface area contributed by atoms with Gasteiger partial charge < -0.3 is 19.6 Å². The number of rotatable bonds is 4. The van der Waals surface area contributed by atoms with Gasteiger partial charge in [-0.05, 0) is 27.2 Å². The molecule has 0 aliphatic carbocycles. The third kappa shape index (κ3) is 4.78. The molecular weight excluding hydrogens is 347 g/mol. The Morgan fingerprint density at radius 3 is 2.73 bits per heavy atom. The molecule has 1 fully saturated rings. The van der Waals surface area contributed by atoms with Crippen molar-refractivity contribution < 1.29 is 24.0 Å². The maximum Gasteiger partial charge on any atom is 0.410 e. The SMILES string of the molecule is CC(C)(C)OC(=O)N1CCN(c2ncc([N+](=O)[O-])cc2F)[C@@H](CCO)C1. The van der Waals surface area contributed by atoms with Crippen LogP contribution >= 0.6 is 0 Å². The molecule has 1 aromatic rings. The predicted molar refractivity (Wildman–Crippen MR) is 91.5 cm³/mol. The minimum atomic E-state index is -0.812. The van der Waals surface area contributed by atoms with Crippen LogP contribution in [0.1, 0.15) is 27.2 Å². The van der Waals surface area contributed by atoms with Crippen molar-refractivity contribution >= 4 is 17.6 Å². The topological polar surface area (TPSA) is 109 Å². The molecule has 9 nitrogen and oxygen atoms in total. The fourth-order valence-corrected chi connectivity index (χ4v) is 2.75. The lowest BCUT2D eigenvalue weighted by Gasteiger charge is -2.42. The monoisotopic (exact) mass is 370 g/mol. The Bertz CT molecular complexity index is 679. The van der Waals surface area contributed by atoms with Gasteiger partial charge in [-0.2, -0.15) is 0 Å². The van der Waals surface area contributed by atoms with Gasteiger partial charge in [-0.25, -0.2) is 14.2 Å². The maximum absolute atomic E-state index is 14.3. The third-order valence-corrected chi connectivity index (χ3v) is 3.89. The quantitative estimate of drug-likeness (QED) is 0.637. The number of pyridine rings is 1. The second-order valence-electron chi connectivity index (χ2n) is 7.04. The second-order valence-corrected chi connectivity index (χ2v) is 7.04. The number of aliphatic hydroxyl groups is 1. The van der Waals surface area contributed by atoms with Crippen molar-refractivity contribution in [2.24, 2.45) is 0 Å². The Balaban J connectivity index is 2.18. The Kier molecular flexibility index (Phi) is 5.96. The number of carbonyl (C=O) groups excluding carboxylic acids is 1. The fourth-order valence-electron chi connectivity index (χ4n) is 2.75. The summed E-state index contributed by atoms with van der Waals surface area (Å²) in [4.78, 5) is 29.3. The zero-order valence-corrected chi connectivity index (χ0v) is 15.0. The van der Waals surface area contributed by atoms with Crippen molar-refractivity contribution in [3.63, 3.8) is 0 Å². The van der Waals surface area contributed by atoms with Crippen molar-refractivity contribution in [3.05, 3.63) is 28.2 Å². The number of nitrogens with zero attached hydrogens (tertiary/aromatic N) is 4. The van der Waals surface area contributed by atoms with Crippen molar-refractivity contribution in [2.45, 2.75) is 38.8 Å². The molecule has 1 N–H and O–H groups in total. The van der Waals surface area contributed by atoms with Gasteiger partial charge >= 0.3 is 6.09 Å². The van der Waals surface area contributed by atoms with E-state index in [1.807, 2.05) is 0 Å². The van der Waals surface area contributed by atoms with E-state index in [0.717, 1.165) is 12.3 Å². The number of aromatic nitrogens is 1. The Labute approximate surface area is 150 Å². The molecule has 2 heterocycles. The first kappa shape index (κ1) is 19.8. The van der Waals surface area contributed by atoms with Crippen LogP contribution in [0.4, 0.5) is 20.7 Å². The smallest absolute Gasteiger partial charge is 0.410 e. The molecular formula is C16H23FN4O5. The highest BCUT2D eigenvalue weighted by atomic mass is 19.1. The number of hydrogen-bond acceptors (Lipinski definition) is 7. The summed E-state index contributed by atoms with van der Waals surface area (Å²) in [6.45, 7) is 5.93. The van der Waals surface area contributed by atoms with Crippen LogP contribution in [0.5, 0.6) is 0 Å². The molecule has 0 bridgehead atoms. The van der Waals surface area contributed by atoms with E-state index in [2.05, 4.69) is 4.98 Å². The average molecular weight is 370 g/mol. The van der Waals surface area contributed by atoms with E-state index in [9.17, 15) is 24.4 Å². The molecule has 26 heavy (non-hydrogen) atoms. The predicted octanol–water partition coefficient (Wildman–Crippen LogP) is 1.94. The zero-order chi connectivity index (χ0) is 19.5. The lowest BCUT2D eigenvalue weighted by Crippen LogP contribution is -2.56. The van der Waals surface area contributed by atoms with Gasteiger partial charge in [0.05, 0.1) is 17.0 Å². The highest BCUT2D eigenvalue weighted by molar-refractivity contribution is 5.68. The maximum atomic E-state index is 14.3. The molecule has 144 valence electrons. The largest absolute Gasteiger partial charge is 0.444 e. The lowest BCUT2D eigenvalue weighted by molar-refractivity contribution is -0.385. The molecule has 0 aromatic carbocycles. The minimum absolute atomic E-state index is 0.0297. The number of piperazine rings is 1. The van der Waals surface area contributed by atoms with E-state index < -0.39 is 28.1 Å². The van der Waals surface area contributed by atoms with Crippen LogP contribution in [0.2, 0.25) is 0 Å². The molecule has 1 aliphatic heterocycles. The van der Waals surface area contributed by atoms with E-state index in [4.69, 9.17) is 4.74 Å². The van der Waals surface area contributed by atoms with Crippen LogP contribution in [-0.2, 0) is 4.74 Å². The van der Waals surface area contributed by atoms with Crippen LogP contribution in [0.25, 0.3) is 0 Å². The first-order valence-corrected chi connectivity index (χ1v) is 8.27. The minimum Gasteiger partial charge on any atom is -0.444 e. The Hall–Kier alpha value is -2.49. The highest BCUT2D eigenvalue weighted by Gasteiger charge is 2.33. The molecule has 0 radical (unpaired) electrons. The van der Waals surface area contributed by atoms with Gasteiger partial charge in [0.25, 0.3) is 5.69 Å². The summed E-state index contributed by atoms with van der Waals surface area (Å²) in [5.74, 6) is -0.842. The lowest BCUT2D eigenvalue weighted by atomic mass is 10.1. The first-order valence-electron chi connectivity index (χ1n) is 8.27. The molecule has 0 saturated carbocycles. The number of aliphatic hydroxyl groups excluding tert-OH is 1. The van der Waals surface area contributed by atoms with Crippen LogP contribution < -0.4 is 4.90 Å². The summed E-state index contributed by atoms with van der Waals surface area (Å²) >= 11 is 0. The molecule has 1 aliphatic rings. The van der Waals surface area contributed by atoms with Crippen LogP contribution in [0, 0.1) is 15.9 Å². The van der Waals surface area contributed by atoms with Crippen molar-refractivity contribution in [1.82, 2.24) is 9.88 Å². The van der Waals surface area contributed by atoms with Gasteiger partial charge in [-0.1, -0.05) is 0 Å². The Morgan fingerprint density at radius 1 is 1.50 bits per heavy atom. The number of hydrogen-bond donors (Lipinski definition) is 1. The summed E-state index contributed by atoms with van der Waals surface area (Å²) in [5, 5.41) is 20.0. The summed E-state index contributed by atoms with van der Waals surface area (Å²) in [6, 6.07) is 0.434. The van der Waals surface area contributed by atoms with Crippen LogP contribution in [0.3, 0.4) is 0 Å². The summed E-state index contributed by atoms with van der Waals surface area (Å²) < 4.78 is 19.7. The number of halogens is 1. The van der Waals surface area contributed by atoms with Gasteiger partial charge in [0.2, 0.25) is 0 Å². The zero-order valence-electron chi connectivity index (χ0n) is 15.0.